The first-order chi connectivity index (χ1) is 22.9. The van der Waals surface area contributed by atoms with Gasteiger partial charge in [0.1, 0.15) is 23.0 Å². The molecule has 1 fully saturated rings. The van der Waals surface area contributed by atoms with Gasteiger partial charge in [-0.05, 0) is 74.1 Å². The van der Waals surface area contributed by atoms with E-state index in [0.29, 0.717) is 54.0 Å². The summed E-state index contributed by atoms with van der Waals surface area (Å²) in [5.41, 5.74) is 3.05. The van der Waals surface area contributed by atoms with Crippen molar-refractivity contribution in [3.05, 3.63) is 89.9 Å². The second kappa shape index (κ2) is 14.7. The summed E-state index contributed by atoms with van der Waals surface area (Å²) in [4.78, 5) is 33.0. The predicted octanol–water partition coefficient (Wildman–Crippen LogP) is 6.21. The summed E-state index contributed by atoms with van der Waals surface area (Å²) in [6.45, 7) is 3.37. The Bertz CT molecular complexity index is 1870. The molecule has 0 bridgehead atoms. The number of aromatic amines is 1. The van der Waals surface area contributed by atoms with Gasteiger partial charge in [0.25, 0.3) is 5.91 Å². The molecular weight excluding hydrogens is 611 g/mol. The smallest absolute Gasteiger partial charge is 0.270 e. The third-order valence-corrected chi connectivity index (χ3v) is 8.04. The summed E-state index contributed by atoms with van der Waals surface area (Å²) < 4.78 is 53.9. The maximum atomic E-state index is 14.8. The van der Waals surface area contributed by atoms with Crippen LogP contribution in [0.25, 0.3) is 33.5 Å². The number of carbonyl (C=O) groups is 1. The molecule has 3 N–H and O–H groups in total. The molecule has 4 heterocycles. The molecule has 1 aliphatic rings. The maximum absolute atomic E-state index is 14.8. The highest BCUT2D eigenvalue weighted by atomic mass is 19.1. The SMILES string of the molecule is CCOCCOCc1cc(-c2ccnc(C(=O)N[C@H]3CCC[C@@H](Nc4nc(-c5c[nH]c6ncc(F)cc56)ncc4F)C3)c2)ccc1F. The Kier molecular flexibility index (Phi) is 10.0. The van der Waals surface area contributed by atoms with Crippen LogP contribution in [-0.2, 0) is 16.1 Å². The van der Waals surface area contributed by atoms with Crippen molar-refractivity contribution in [1.29, 1.82) is 0 Å². The van der Waals surface area contributed by atoms with Crippen LogP contribution in [0.15, 0.2) is 61.2 Å². The monoisotopic (exact) mass is 645 g/mol. The number of benzene rings is 1. The molecule has 0 spiro atoms. The Hall–Kier alpha value is -4.88. The minimum atomic E-state index is -0.619. The first-order valence-electron chi connectivity index (χ1n) is 15.5. The molecule has 10 nitrogen and oxygen atoms in total. The highest BCUT2D eigenvalue weighted by Gasteiger charge is 2.26. The number of nitrogens with one attached hydrogen (secondary N) is 3. The van der Waals surface area contributed by atoms with Crippen LogP contribution in [0, 0.1) is 17.5 Å². The lowest BCUT2D eigenvalue weighted by Gasteiger charge is -2.30. The molecule has 1 aliphatic carbocycles. The number of amides is 1. The van der Waals surface area contributed by atoms with Gasteiger partial charge in [0, 0.05) is 47.6 Å². The van der Waals surface area contributed by atoms with Crippen molar-refractivity contribution in [2.75, 3.05) is 25.1 Å². The van der Waals surface area contributed by atoms with Crippen LogP contribution in [0.2, 0.25) is 0 Å². The topological polar surface area (TPSA) is 127 Å². The van der Waals surface area contributed by atoms with Crippen molar-refractivity contribution in [2.45, 2.75) is 51.3 Å². The van der Waals surface area contributed by atoms with Crippen molar-refractivity contribution < 1.29 is 27.4 Å². The van der Waals surface area contributed by atoms with Crippen molar-refractivity contribution in [3.8, 4) is 22.5 Å². The van der Waals surface area contributed by atoms with Crippen molar-refractivity contribution in [3.63, 3.8) is 0 Å². The average Bonchev–Trinajstić information content (AvgIpc) is 3.50. The highest BCUT2D eigenvalue weighted by Crippen LogP contribution is 2.29. The molecule has 1 saturated carbocycles. The Morgan fingerprint density at radius 1 is 0.957 bits per heavy atom. The second-order valence-electron chi connectivity index (χ2n) is 11.3. The third kappa shape index (κ3) is 7.75. The van der Waals surface area contributed by atoms with Gasteiger partial charge in [-0.3, -0.25) is 9.78 Å². The lowest BCUT2D eigenvalue weighted by molar-refractivity contribution is 0.0443. The van der Waals surface area contributed by atoms with Crippen LogP contribution in [0.5, 0.6) is 0 Å². The van der Waals surface area contributed by atoms with Gasteiger partial charge in [0.15, 0.2) is 17.5 Å². The van der Waals surface area contributed by atoms with E-state index in [1.807, 2.05) is 6.92 Å². The van der Waals surface area contributed by atoms with E-state index < -0.39 is 11.6 Å². The van der Waals surface area contributed by atoms with E-state index >= 15 is 0 Å². The van der Waals surface area contributed by atoms with Crippen molar-refractivity contribution >= 4 is 22.8 Å². The highest BCUT2D eigenvalue weighted by molar-refractivity contribution is 5.94. The number of hydrogen-bond acceptors (Lipinski definition) is 8. The van der Waals surface area contributed by atoms with Crippen molar-refractivity contribution in [1.82, 2.24) is 30.2 Å². The van der Waals surface area contributed by atoms with E-state index in [4.69, 9.17) is 9.47 Å². The molecule has 47 heavy (non-hydrogen) atoms. The largest absolute Gasteiger partial charge is 0.379 e. The Labute approximate surface area is 269 Å². The fourth-order valence-electron chi connectivity index (χ4n) is 5.71. The zero-order chi connectivity index (χ0) is 32.8. The lowest BCUT2D eigenvalue weighted by Crippen LogP contribution is -2.42. The number of halogens is 3. The number of nitrogens with zero attached hydrogens (tertiary/aromatic N) is 4. The van der Waals surface area contributed by atoms with Gasteiger partial charge < -0.3 is 25.1 Å². The van der Waals surface area contributed by atoms with Crippen LogP contribution < -0.4 is 10.6 Å². The quantitative estimate of drug-likeness (QED) is 0.137. The van der Waals surface area contributed by atoms with E-state index in [0.717, 1.165) is 37.2 Å². The number of carbonyl (C=O) groups excluding carboxylic acids is 1. The second-order valence-corrected chi connectivity index (χ2v) is 11.3. The lowest BCUT2D eigenvalue weighted by atomic mass is 9.90. The normalized spacial score (nSPS) is 16.3. The minimum absolute atomic E-state index is 0.0263. The molecule has 0 saturated heterocycles. The molecule has 0 radical (unpaired) electrons. The van der Waals surface area contributed by atoms with E-state index in [9.17, 15) is 18.0 Å². The van der Waals surface area contributed by atoms with Gasteiger partial charge in [-0.2, -0.15) is 0 Å². The number of H-pyrrole nitrogens is 1. The maximum Gasteiger partial charge on any atom is 0.270 e. The predicted molar refractivity (Wildman–Crippen MR) is 170 cm³/mol. The summed E-state index contributed by atoms with van der Waals surface area (Å²) in [6, 6.07) is 9.15. The van der Waals surface area contributed by atoms with Gasteiger partial charge in [-0.1, -0.05) is 6.07 Å². The number of aromatic nitrogens is 5. The van der Waals surface area contributed by atoms with Crippen molar-refractivity contribution in [2.24, 2.45) is 0 Å². The fourth-order valence-corrected chi connectivity index (χ4v) is 5.71. The van der Waals surface area contributed by atoms with E-state index in [2.05, 4.69) is 35.6 Å². The molecule has 0 aliphatic heterocycles. The molecule has 244 valence electrons. The Balaban J connectivity index is 1.10. The molecule has 5 aromatic rings. The standard InChI is InChI=1S/C34H34F3N7O3/c1-2-46-10-11-47-19-22-12-20(6-7-28(22)36)21-8-9-38-30(13-21)34(45)43-25-5-3-4-24(15-25)42-33-29(37)18-41-32(44-33)27-17-40-31-26(27)14-23(35)16-39-31/h6-9,12-14,16-18,24-25H,2-5,10-11,15,19H2,1H3,(H,39,40)(H,43,45)(H,41,42,44)/t24-,25+/m1/s1. The first-order valence-corrected chi connectivity index (χ1v) is 15.5. The number of ether oxygens (including phenoxy) is 2. The van der Waals surface area contributed by atoms with Gasteiger partial charge in [0.05, 0.1) is 32.2 Å². The first kappa shape index (κ1) is 32.1. The molecule has 1 amide bonds. The molecular formula is C34H34F3N7O3. The van der Waals surface area contributed by atoms with Gasteiger partial charge in [-0.25, -0.2) is 28.1 Å². The summed E-state index contributed by atoms with van der Waals surface area (Å²) in [5.74, 6) is -1.59. The van der Waals surface area contributed by atoms with Gasteiger partial charge in [0.2, 0.25) is 0 Å². The molecule has 13 heteroatoms. The summed E-state index contributed by atoms with van der Waals surface area (Å²) in [5, 5.41) is 6.73. The van der Waals surface area contributed by atoms with Crippen LogP contribution in [0.1, 0.15) is 48.7 Å². The molecule has 0 unspecified atom stereocenters. The summed E-state index contributed by atoms with van der Waals surface area (Å²) >= 11 is 0. The number of fused-ring (bicyclic) bond motifs is 1. The van der Waals surface area contributed by atoms with E-state index in [1.165, 1.54) is 12.1 Å². The number of hydrogen-bond donors (Lipinski definition) is 3. The Morgan fingerprint density at radius 2 is 1.79 bits per heavy atom. The minimum Gasteiger partial charge on any atom is -0.379 e. The van der Waals surface area contributed by atoms with Gasteiger partial charge in [-0.15, -0.1) is 0 Å². The van der Waals surface area contributed by atoms with E-state index in [-0.39, 0.29) is 47.8 Å². The molecule has 6 rings (SSSR count). The average molecular weight is 646 g/mol. The zero-order valence-electron chi connectivity index (χ0n) is 25.7. The van der Waals surface area contributed by atoms with Gasteiger partial charge >= 0.3 is 0 Å². The number of anilines is 1. The number of pyridine rings is 2. The van der Waals surface area contributed by atoms with Crippen LogP contribution in [0.4, 0.5) is 19.0 Å². The molecule has 1 aromatic carbocycles. The third-order valence-electron chi connectivity index (χ3n) is 8.04. The van der Waals surface area contributed by atoms with E-state index in [1.54, 1.807) is 36.7 Å². The Morgan fingerprint density at radius 3 is 2.66 bits per heavy atom. The fraction of sp³-hybridized carbons (Fsp3) is 0.324. The van der Waals surface area contributed by atoms with Crippen LogP contribution in [-0.4, -0.2) is 62.7 Å². The summed E-state index contributed by atoms with van der Waals surface area (Å²) in [6.07, 6.45) is 8.18. The zero-order valence-corrected chi connectivity index (χ0v) is 25.7. The summed E-state index contributed by atoms with van der Waals surface area (Å²) in [7, 11) is 0. The van der Waals surface area contributed by atoms with Crippen LogP contribution in [0.3, 0.4) is 0 Å². The number of rotatable bonds is 12. The molecule has 4 aromatic heterocycles. The molecule has 2 atom stereocenters. The van der Waals surface area contributed by atoms with Crippen LogP contribution >= 0.6 is 0 Å².